The molecule has 108 valence electrons. The van der Waals surface area contributed by atoms with E-state index in [0.29, 0.717) is 22.4 Å². The summed E-state index contributed by atoms with van der Waals surface area (Å²) in [6.07, 6.45) is 0. The summed E-state index contributed by atoms with van der Waals surface area (Å²) in [5.41, 5.74) is 7.96. The highest BCUT2D eigenvalue weighted by Crippen LogP contribution is 2.20. The number of nitro groups is 1. The van der Waals surface area contributed by atoms with Gasteiger partial charge in [0.1, 0.15) is 0 Å². The van der Waals surface area contributed by atoms with Crippen LogP contribution in [0, 0.1) is 17.0 Å². The SMILES string of the molecule is Cc1c(CNC(=O)c2ccc(N)cc2)cccc1[N+](=O)[O-]. The highest BCUT2D eigenvalue weighted by Gasteiger charge is 2.13. The number of nitrogens with two attached hydrogens (primary N) is 1. The number of anilines is 1. The van der Waals surface area contributed by atoms with E-state index >= 15 is 0 Å². The fourth-order valence-corrected chi connectivity index (χ4v) is 1.97. The van der Waals surface area contributed by atoms with E-state index in [1.54, 1.807) is 43.3 Å². The summed E-state index contributed by atoms with van der Waals surface area (Å²) in [4.78, 5) is 22.4. The van der Waals surface area contributed by atoms with Crippen LogP contribution in [-0.2, 0) is 6.54 Å². The largest absolute Gasteiger partial charge is 0.399 e. The fraction of sp³-hybridized carbons (Fsp3) is 0.133. The summed E-state index contributed by atoms with van der Waals surface area (Å²) in [6.45, 7) is 1.90. The first-order valence-corrected chi connectivity index (χ1v) is 6.35. The maximum absolute atomic E-state index is 12.0. The summed E-state index contributed by atoms with van der Waals surface area (Å²) < 4.78 is 0. The zero-order valence-corrected chi connectivity index (χ0v) is 11.5. The van der Waals surface area contributed by atoms with Gasteiger partial charge in [0.25, 0.3) is 11.6 Å². The van der Waals surface area contributed by atoms with Crippen LogP contribution in [-0.4, -0.2) is 10.8 Å². The minimum absolute atomic E-state index is 0.0502. The number of carbonyl (C=O) groups excluding carboxylic acids is 1. The Kier molecular flexibility index (Phi) is 4.18. The van der Waals surface area contributed by atoms with Crippen molar-refractivity contribution in [2.75, 3.05) is 5.73 Å². The van der Waals surface area contributed by atoms with Crippen LogP contribution in [0.15, 0.2) is 42.5 Å². The van der Waals surface area contributed by atoms with Gasteiger partial charge in [-0.1, -0.05) is 12.1 Å². The Labute approximate surface area is 121 Å². The summed E-state index contributed by atoms with van der Waals surface area (Å²) in [7, 11) is 0. The molecule has 3 N–H and O–H groups in total. The van der Waals surface area contributed by atoms with Crippen LogP contribution in [0.1, 0.15) is 21.5 Å². The lowest BCUT2D eigenvalue weighted by molar-refractivity contribution is -0.385. The van der Waals surface area contributed by atoms with Gasteiger partial charge >= 0.3 is 0 Å². The molecule has 1 amide bonds. The first kappa shape index (κ1) is 14.5. The van der Waals surface area contributed by atoms with Crippen molar-refractivity contribution in [3.05, 3.63) is 69.3 Å². The summed E-state index contributed by atoms with van der Waals surface area (Å²) in [5.74, 6) is -0.249. The number of nitrogens with one attached hydrogen (secondary N) is 1. The average molecular weight is 285 g/mol. The number of amides is 1. The van der Waals surface area contributed by atoms with E-state index < -0.39 is 4.92 Å². The Bertz CT molecular complexity index is 681. The number of nitro benzene ring substituents is 1. The lowest BCUT2D eigenvalue weighted by Crippen LogP contribution is -2.23. The number of nitrogen functional groups attached to an aromatic ring is 1. The Morgan fingerprint density at radius 2 is 1.90 bits per heavy atom. The lowest BCUT2D eigenvalue weighted by atomic mass is 10.1. The van der Waals surface area contributed by atoms with Gasteiger partial charge in [-0.05, 0) is 36.8 Å². The van der Waals surface area contributed by atoms with Crippen molar-refractivity contribution in [2.45, 2.75) is 13.5 Å². The molecule has 0 spiro atoms. The number of carbonyl (C=O) groups is 1. The minimum atomic E-state index is -0.430. The quantitative estimate of drug-likeness (QED) is 0.512. The van der Waals surface area contributed by atoms with Gasteiger partial charge in [0.05, 0.1) is 4.92 Å². The first-order chi connectivity index (χ1) is 9.99. The van der Waals surface area contributed by atoms with Gasteiger partial charge in [-0.2, -0.15) is 0 Å². The van der Waals surface area contributed by atoms with Crippen molar-refractivity contribution in [1.29, 1.82) is 0 Å². The highest BCUT2D eigenvalue weighted by molar-refractivity contribution is 5.94. The molecular formula is C15H15N3O3. The van der Waals surface area contributed by atoms with Crippen LogP contribution in [0.4, 0.5) is 11.4 Å². The van der Waals surface area contributed by atoms with Crippen LogP contribution >= 0.6 is 0 Å². The summed E-state index contributed by atoms with van der Waals surface area (Å²) in [6, 6.07) is 11.4. The summed E-state index contributed by atoms with van der Waals surface area (Å²) >= 11 is 0. The monoisotopic (exact) mass is 285 g/mol. The molecule has 0 saturated carbocycles. The van der Waals surface area contributed by atoms with Crippen molar-refractivity contribution >= 4 is 17.3 Å². The minimum Gasteiger partial charge on any atom is -0.399 e. The van der Waals surface area contributed by atoms with Gasteiger partial charge in [0, 0.05) is 29.4 Å². The van der Waals surface area contributed by atoms with Gasteiger partial charge in [0.2, 0.25) is 0 Å². The second-order valence-corrected chi connectivity index (χ2v) is 4.62. The molecule has 0 aromatic heterocycles. The van der Waals surface area contributed by atoms with Crippen LogP contribution in [0.25, 0.3) is 0 Å². The molecular weight excluding hydrogens is 270 g/mol. The van der Waals surface area contributed by atoms with Crippen LogP contribution in [0.5, 0.6) is 0 Å². The molecule has 0 saturated heterocycles. The predicted molar refractivity (Wildman–Crippen MR) is 79.9 cm³/mol. The van der Waals surface area contributed by atoms with E-state index in [1.807, 2.05) is 0 Å². The van der Waals surface area contributed by atoms with Crippen LogP contribution < -0.4 is 11.1 Å². The second-order valence-electron chi connectivity index (χ2n) is 4.62. The number of nitrogens with zero attached hydrogens (tertiary/aromatic N) is 1. The predicted octanol–water partition coefficient (Wildman–Crippen LogP) is 2.42. The van der Waals surface area contributed by atoms with Crippen molar-refractivity contribution in [2.24, 2.45) is 0 Å². The topological polar surface area (TPSA) is 98.3 Å². The van der Waals surface area contributed by atoms with Gasteiger partial charge in [-0.3, -0.25) is 14.9 Å². The smallest absolute Gasteiger partial charge is 0.272 e. The number of hydrogen-bond acceptors (Lipinski definition) is 4. The number of hydrogen-bond donors (Lipinski definition) is 2. The van der Waals surface area contributed by atoms with E-state index in [1.165, 1.54) is 6.07 Å². The highest BCUT2D eigenvalue weighted by atomic mass is 16.6. The molecule has 2 aromatic rings. The maximum atomic E-state index is 12.0. The van der Waals surface area contributed by atoms with E-state index in [-0.39, 0.29) is 18.1 Å². The normalized spacial score (nSPS) is 10.1. The average Bonchev–Trinajstić information content (AvgIpc) is 2.46. The molecule has 0 atom stereocenters. The molecule has 0 fully saturated rings. The maximum Gasteiger partial charge on any atom is 0.272 e. The molecule has 0 unspecified atom stereocenters. The molecule has 0 bridgehead atoms. The molecule has 6 heteroatoms. The van der Waals surface area contributed by atoms with Crippen molar-refractivity contribution < 1.29 is 9.72 Å². The molecule has 6 nitrogen and oxygen atoms in total. The summed E-state index contributed by atoms with van der Waals surface area (Å²) in [5, 5.41) is 13.6. The number of rotatable bonds is 4. The Morgan fingerprint density at radius 1 is 1.24 bits per heavy atom. The standard InChI is InChI=1S/C15H15N3O3/c1-10-12(3-2-4-14(10)18(20)21)9-17-15(19)11-5-7-13(16)8-6-11/h2-8H,9,16H2,1H3,(H,17,19). The Balaban J connectivity index is 2.10. The molecule has 0 aliphatic carbocycles. The molecule has 2 rings (SSSR count). The number of benzene rings is 2. The van der Waals surface area contributed by atoms with Crippen molar-refractivity contribution in [1.82, 2.24) is 5.32 Å². The molecule has 0 heterocycles. The Hall–Kier alpha value is -2.89. The van der Waals surface area contributed by atoms with Gasteiger partial charge in [-0.25, -0.2) is 0 Å². The fourth-order valence-electron chi connectivity index (χ4n) is 1.97. The van der Waals surface area contributed by atoms with Gasteiger partial charge in [0.15, 0.2) is 0 Å². The van der Waals surface area contributed by atoms with Crippen LogP contribution in [0.2, 0.25) is 0 Å². The molecule has 0 aliphatic heterocycles. The van der Waals surface area contributed by atoms with Crippen LogP contribution in [0.3, 0.4) is 0 Å². The van der Waals surface area contributed by atoms with Gasteiger partial charge in [-0.15, -0.1) is 0 Å². The van der Waals surface area contributed by atoms with E-state index in [0.717, 1.165) is 0 Å². The second kappa shape index (κ2) is 6.04. The third-order valence-electron chi connectivity index (χ3n) is 3.23. The molecule has 0 radical (unpaired) electrons. The Morgan fingerprint density at radius 3 is 2.52 bits per heavy atom. The third kappa shape index (κ3) is 3.36. The van der Waals surface area contributed by atoms with E-state index in [9.17, 15) is 14.9 Å². The van der Waals surface area contributed by atoms with E-state index in [4.69, 9.17) is 5.73 Å². The zero-order chi connectivity index (χ0) is 15.4. The van der Waals surface area contributed by atoms with Crippen molar-refractivity contribution in [3.8, 4) is 0 Å². The lowest BCUT2D eigenvalue weighted by Gasteiger charge is -2.08. The molecule has 2 aromatic carbocycles. The molecule has 21 heavy (non-hydrogen) atoms. The van der Waals surface area contributed by atoms with Gasteiger partial charge < -0.3 is 11.1 Å². The molecule has 0 aliphatic rings. The zero-order valence-electron chi connectivity index (χ0n) is 11.5. The first-order valence-electron chi connectivity index (χ1n) is 6.35. The van der Waals surface area contributed by atoms with E-state index in [2.05, 4.69) is 5.32 Å². The third-order valence-corrected chi connectivity index (χ3v) is 3.23. The van der Waals surface area contributed by atoms with Crippen molar-refractivity contribution in [3.63, 3.8) is 0 Å².